The number of hydrogen-bond donors (Lipinski definition) is 1. The van der Waals surface area contributed by atoms with Crippen LogP contribution in [0.4, 0.5) is 4.39 Å². The lowest BCUT2D eigenvalue weighted by atomic mass is 10.1. The number of benzene rings is 2. The molecule has 0 aliphatic heterocycles. The van der Waals surface area contributed by atoms with Crippen molar-refractivity contribution in [2.24, 2.45) is 5.73 Å². The first-order valence-corrected chi connectivity index (χ1v) is 7.54. The van der Waals surface area contributed by atoms with Gasteiger partial charge in [0.15, 0.2) is 0 Å². The van der Waals surface area contributed by atoms with Crippen molar-refractivity contribution in [3.8, 4) is 5.69 Å². The van der Waals surface area contributed by atoms with Gasteiger partial charge in [0.1, 0.15) is 11.5 Å². The Kier molecular flexibility index (Phi) is 4.21. The number of aromatic nitrogens is 3. The summed E-state index contributed by atoms with van der Waals surface area (Å²) in [6.45, 7) is 4.41. The first kappa shape index (κ1) is 15.4. The van der Waals surface area contributed by atoms with E-state index in [-0.39, 0.29) is 5.82 Å². The van der Waals surface area contributed by atoms with Crippen LogP contribution in [0.15, 0.2) is 42.5 Å². The van der Waals surface area contributed by atoms with Crippen molar-refractivity contribution in [3.05, 3.63) is 76.4 Å². The zero-order valence-corrected chi connectivity index (χ0v) is 13.3. The van der Waals surface area contributed by atoms with Gasteiger partial charge < -0.3 is 5.73 Å². The summed E-state index contributed by atoms with van der Waals surface area (Å²) in [4.78, 5) is 0. The number of aryl methyl sites for hydroxylation is 2. The SMILES string of the molecule is Cc1ccc(C)c(-n2nnc(CN)c2Cc2ccc(F)cc2)c1. The van der Waals surface area contributed by atoms with E-state index in [2.05, 4.69) is 28.5 Å². The second-order valence-corrected chi connectivity index (χ2v) is 5.69. The molecule has 118 valence electrons. The van der Waals surface area contributed by atoms with Gasteiger partial charge in [-0.3, -0.25) is 0 Å². The van der Waals surface area contributed by atoms with Crippen LogP contribution < -0.4 is 5.73 Å². The van der Waals surface area contributed by atoms with E-state index in [1.54, 1.807) is 12.1 Å². The molecule has 0 atom stereocenters. The molecule has 0 spiro atoms. The van der Waals surface area contributed by atoms with Gasteiger partial charge in [-0.25, -0.2) is 9.07 Å². The molecule has 0 aliphatic carbocycles. The Balaban J connectivity index is 2.07. The van der Waals surface area contributed by atoms with E-state index < -0.39 is 0 Å². The van der Waals surface area contributed by atoms with Crippen LogP contribution in [0.1, 0.15) is 28.1 Å². The minimum absolute atomic E-state index is 0.242. The summed E-state index contributed by atoms with van der Waals surface area (Å²) in [5.74, 6) is -0.242. The van der Waals surface area contributed by atoms with E-state index in [4.69, 9.17) is 5.73 Å². The Morgan fingerprint density at radius 2 is 1.83 bits per heavy atom. The number of rotatable bonds is 4. The molecule has 1 aromatic heterocycles. The van der Waals surface area contributed by atoms with Crippen LogP contribution in [0.3, 0.4) is 0 Å². The maximum Gasteiger partial charge on any atom is 0.123 e. The summed E-state index contributed by atoms with van der Waals surface area (Å²) in [6.07, 6.45) is 0.604. The molecule has 0 bridgehead atoms. The molecule has 5 heteroatoms. The van der Waals surface area contributed by atoms with Crippen molar-refractivity contribution in [2.45, 2.75) is 26.8 Å². The van der Waals surface area contributed by atoms with Crippen LogP contribution in [0.25, 0.3) is 5.69 Å². The second-order valence-electron chi connectivity index (χ2n) is 5.69. The predicted octanol–water partition coefficient (Wildman–Crippen LogP) is 3.07. The molecule has 3 rings (SSSR count). The maximum atomic E-state index is 13.1. The number of hydrogen-bond acceptors (Lipinski definition) is 3. The van der Waals surface area contributed by atoms with Gasteiger partial charge in [0, 0.05) is 13.0 Å². The van der Waals surface area contributed by atoms with Crippen molar-refractivity contribution >= 4 is 0 Å². The monoisotopic (exact) mass is 310 g/mol. The zero-order chi connectivity index (χ0) is 16.4. The highest BCUT2D eigenvalue weighted by Gasteiger charge is 2.15. The van der Waals surface area contributed by atoms with E-state index >= 15 is 0 Å². The molecule has 0 saturated carbocycles. The average molecular weight is 310 g/mol. The highest BCUT2D eigenvalue weighted by atomic mass is 19.1. The summed E-state index contributed by atoms with van der Waals surface area (Å²) in [6, 6.07) is 12.7. The van der Waals surface area contributed by atoms with Gasteiger partial charge in [-0.15, -0.1) is 5.10 Å². The molecule has 2 N–H and O–H groups in total. The van der Waals surface area contributed by atoms with Crippen LogP contribution in [0, 0.1) is 19.7 Å². The van der Waals surface area contributed by atoms with Gasteiger partial charge in [-0.05, 0) is 48.7 Å². The summed E-state index contributed by atoms with van der Waals surface area (Å²) in [5, 5.41) is 8.49. The minimum atomic E-state index is -0.242. The molecule has 3 aromatic rings. The standard InChI is InChI=1S/C18H19FN4/c1-12-3-4-13(2)17(9-12)23-18(16(11-20)21-22-23)10-14-5-7-15(19)8-6-14/h3-9H,10-11,20H2,1-2H3. The van der Waals surface area contributed by atoms with Crippen LogP contribution in [0.2, 0.25) is 0 Å². The van der Waals surface area contributed by atoms with Crippen molar-refractivity contribution < 1.29 is 4.39 Å². The Hall–Kier alpha value is -2.53. The lowest BCUT2D eigenvalue weighted by Gasteiger charge is -2.11. The lowest BCUT2D eigenvalue weighted by Crippen LogP contribution is -2.08. The van der Waals surface area contributed by atoms with Crippen molar-refractivity contribution in [2.75, 3.05) is 0 Å². The normalized spacial score (nSPS) is 11.0. The molecule has 0 amide bonds. The molecular weight excluding hydrogens is 291 g/mol. The quantitative estimate of drug-likeness (QED) is 0.805. The number of halogens is 1. The van der Waals surface area contributed by atoms with Gasteiger partial charge in [0.05, 0.1) is 11.4 Å². The third kappa shape index (κ3) is 3.14. The Morgan fingerprint density at radius 1 is 1.09 bits per heavy atom. The fourth-order valence-electron chi connectivity index (χ4n) is 2.60. The highest BCUT2D eigenvalue weighted by Crippen LogP contribution is 2.21. The zero-order valence-electron chi connectivity index (χ0n) is 13.3. The first-order valence-electron chi connectivity index (χ1n) is 7.54. The fraction of sp³-hybridized carbons (Fsp3) is 0.222. The molecule has 0 radical (unpaired) electrons. The Labute approximate surface area is 134 Å². The van der Waals surface area contributed by atoms with Crippen molar-refractivity contribution in [1.29, 1.82) is 0 Å². The molecule has 0 saturated heterocycles. The molecule has 0 unspecified atom stereocenters. The number of nitrogens with two attached hydrogens (primary N) is 1. The smallest absolute Gasteiger partial charge is 0.123 e. The molecule has 1 heterocycles. The van der Waals surface area contributed by atoms with Gasteiger partial charge in [-0.2, -0.15) is 0 Å². The molecular formula is C18H19FN4. The number of nitrogens with zero attached hydrogens (tertiary/aromatic N) is 3. The van der Waals surface area contributed by atoms with Gasteiger partial charge in [0.25, 0.3) is 0 Å². The van der Waals surface area contributed by atoms with E-state index in [9.17, 15) is 4.39 Å². The van der Waals surface area contributed by atoms with Crippen molar-refractivity contribution in [3.63, 3.8) is 0 Å². The average Bonchev–Trinajstić information content (AvgIpc) is 2.94. The van der Waals surface area contributed by atoms with Crippen LogP contribution in [-0.4, -0.2) is 15.0 Å². The van der Waals surface area contributed by atoms with E-state index in [1.165, 1.54) is 12.1 Å². The second kappa shape index (κ2) is 6.30. The molecule has 2 aromatic carbocycles. The maximum absolute atomic E-state index is 13.1. The fourth-order valence-corrected chi connectivity index (χ4v) is 2.60. The molecule has 4 nitrogen and oxygen atoms in total. The van der Waals surface area contributed by atoms with Gasteiger partial charge >= 0.3 is 0 Å². The molecule has 0 fully saturated rings. The van der Waals surface area contributed by atoms with E-state index in [0.29, 0.717) is 13.0 Å². The third-order valence-electron chi connectivity index (χ3n) is 3.91. The largest absolute Gasteiger partial charge is 0.325 e. The van der Waals surface area contributed by atoms with E-state index in [0.717, 1.165) is 33.8 Å². The van der Waals surface area contributed by atoms with Crippen LogP contribution in [-0.2, 0) is 13.0 Å². The van der Waals surface area contributed by atoms with E-state index in [1.807, 2.05) is 18.5 Å². The van der Waals surface area contributed by atoms with Crippen LogP contribution >= 0.6 is 0 Å². The minimum Gasteiger partial charge on any atom is -0.325 e. The summed E-state index contributed by atoms with van der Waals surface area (Å²) in [7, 11) is 0. The molecule has 23 heavy (non-hydrogen) atoms. The van der Waals surface area contributed by atoms with Gasteiger partial charge in [-0.1, -0.05) is 29.5 Å². The highest BCUT2D eigenvalue weighted by molar-refractivity contribution is 5.44. The first-order chi connectivity index (χ1) is 11.1. The summed E-state index contributed by atoms with van der Waals surface area (Å²) >= 11 is 0. The summed E-state index contributed by atoms with van der Waals surface area (Å²) in [5.41, 5.74) is 11.8. The van der Waals surface area contributed by atoms with Gasteiger partial charge in [0.2, 0.25) is 0 Å². The summed E-state index contributed by atoms with van der Waals surface area (Å²) < 4.78 is 14.9. The Bertz CT molecular complexity index is 822. The lowest BCUT2D eigenvalue weighted by molar-refractivity contribution is 0.627. The predicted molar refractivity (Wildman–Crippen MR) is 87.9 cm³/mol. The topological polar surface area (TPSA) is 56.7 Å². The third-order valence-corrected chi connectivity index (χ3v) is 3.91. The molecule has 0 aliphatic rings. The van der Waals surface area contributed by atoms with Crippen molar-refractivity contribution in [1.82, 2.24) is 15.0 Å². The Morgan fingerprint density at radius 3 is 2.52 bits per heavy atom. The van der Waals surface area contributed by atoms with Crippen LogP contribution in [0.5, 0.6) is 0 Å².